The zero-order valence-corrected chi connectivity index (χ0v) is 21.5. The summed E-state index contributed by atoms with van der Waals surface area (Å²) in [4.78, 5) is 14.3. The van der Waals surface area contributed by atoms with Crippen molar-refractivity contribution in [3.63, 3.8) is 0 Å². The smallest absolute Gasteiger partial charge is 0.229 e. The molecule has 0 aliphatic heterocycles. The van der Waals surface area contributed by atoms with Crippen LogP contribution in [0.4, 0.5) is 17.5 Å². The minimum Gasteiger partial charge on any atom is -0.497 e. The second-order valence-corrected chi connectivity index (χ2v) is 10.0. The second kappa shape index (κ2) is 10.5. The van der Waals surface area contributed by atoms with Crippen molar-refractivity contribution in [1.82, 2.24) is 15.0 Å². The summed E-state index contributed by atoms with van der Waals surface area (Å²) < 4.78 is 11.8. The number of para-hydroxylation sites is 1. The highest BCUT2D eigenvalue weighted by molar-refractivity contribution is 7.21. The molecule has 11 heteroatoms. The quantitative estimate of drug-likeness (QED) is 0.233. The van der Waals surface area contributed by atoms with Gasteiger partial charge in [-0.15, -0.1) is 11.3 Å². The molecular weight excluding hydrogens is 494 g/mol. The van der Waals surface area contributed by atoms with Crippen LogP contribution in [0.5, 0.6) is 11.5 Å². The van der Waals surface area contributed by atoms with Crippen LogP contribution in [0, 0.1) is 12.8 Å². The molecule has 2 aromatic heterocycles. The van der Waals surface area contributed by atoms with Gasteiger partial charge >= 0.3 is 0 Å². The van der Waals surface area contributed by atoms with E-state index in [0.29, 0.717) is 46.6 Å². The van der Waals surface area contributed by atoms with Gasteiger partial charge in [0.2, 0.25) is 5.95 Å². The molecule has 2 aromatic carbocycles. The lowest BCUT2D eigenvalue weighted by molar-refractivity contribution is 0.00446. The number of aliphatic hydroxyl groups is 3. The predicted molar refractivity (Wildman–Crippen MR) is 143 cm³/mol. The number of benzene rings is 2. The Labute approximate surface area is 218 Å². The van der Waals surface area contributed by atoms with E-state index < -0.39 is 24.2 Å². The van der Waals surface area contributed by atoms with Crippen LogP contribution in [0.15, 0.2) is 42.5 Å². The molecule has 0 amide bonds. The Morgan fingerprint density at radius 2 is 1.73 bits per heavy atom. The van der Waals surface area contributed by atoms with Crippen LogP contribution in [0.1, 0.15) is 12.1 Å². The van der Waals surface area contributed by atoms with Crippen molar-refractivity contribution in [3.8, 4) is 22.1 Å². The Morgan fingerprint density at radius 3 is 2.38 bits per heavy atom. The number of hydrogen-bond acceptors (Lipinski definition) is 11. The predicted octanol–water partition coefficient (Wildman–Crippen LogP) is 3.34. The van der Waals surface area contributed by atoms with Gasteiger partial charge in [0.15, 0.2) is 0 Å². The Hall–Kier alpha value is -3.51. The molecule has 1 fully saturated rings. The van der Waals surface area contributed by atoms with Crippen molar-refractivity contribution >= 4 is 39.0 Å². The van der Waals surface area contributed by atoms with Gasteiger partial charge in [-0.3, -0.25) is 0 Å². The Kier molecular flexibility index (Phi) is 7.11. The molecule has 1 saturated carbocycles. The van der Waals surface area contributed by atoms with Crippen LogP contribution in [0.2, 0.25) is 0 Å². The first-order chi connectivity index (χ1) is 17.9. The summed E-state index contributed by atoms with van der Waals surface area (Å²) in [7, 11) is 3.16. The molecule has 4 aromatic rings. The number of ether oxygens (including phenoxy) is 2. The maximum atomic E-state index is 10.7. The van der Waals surface area contributed by atoms with Gasteiger partial charge in [-0.25, -0.2) is 9.97 Å². The summed E-state index contributed by atoms with van der Waals surface area (Å²) in [6.07, 6.45) is -1.70. The molecule has 0 spiro atoms. The van der Waals surface area contributed by atoms with E-state index in [0.717, 1.165) is 15.2 Å². The van der Waals surface area contributed by atoms with Crippen molar-refractivity contribution in [3.05, 3.63) is 48.2 Å². The van der Waals surface area contributed by atoms with E-state index >= 15 is 0 Å². The maximum Gasteiger partial charge on any atom is 0.229 e. The standard InChI is InChI=1S/C26H29N5O5S/c1-13-21(25-30-18-6-4-5-7-20(18)37-25)24(29-19-8-14(12-32)22(33)23(19)34)31-26(27-13)28-15-9-16(35-2)11-17(10-15)36-3/h4-7,9-11,14,19,22-23,32-34H,8,12H2,1-3H3,(H2,27,28,29,31)/t14-,19-,22-,23+/m1/s1. The van der Waals surface area contributed by atoms with Crippen LogP contribution in [0.25, 0.3) is 20.8 Å². The number of anilines is 3. The first kappa shape index (κ1) is 25.2. The van der Waals surface area contributed by atoms with Gasteiger partial charge in [0.1, 0.15) is 28.4 Å². The van der Waals surface area contributed by atoms with Gasteiger partial charge in [0.25, 0.3) is 0 Å². The minimum absolute atomic E-state index is 0.214. The van der Waals surface area contributed by atoms with E-state index in [-0.39, 0.29) is 6.61 Å². The van der Waals surface area contributed by atoms with E-state index in [1.165, 1.54) is 11.3 Å². The zero-order valence-electron chi connectivity index (χ0n) is 20.7. The molecule has 194 valence electrons. The number of nitrogens with one attached hydrogen (secondary N) is 2. The van der Waals surface area contributed by atoms with Crippen molar-refractivity contribution in [2.75, 3.05) is 31.5 Å². The van der Waals surface area contributed by atoms with E-state index in [4.69, 9.17) is 24.4 Å². The summed E-state index contributed by atoms with van der Waals surface area (Å²) in [6.45, 7) is 1.66. The lowest BCUT2D eigenvalue weighted by Gasteiger charge is -2.21. The van der Waals surface area contributed by atoms with E-state index in [2.05, 4.69) is 10.6 Å². The average molecular weight is 524 g/mol. The number of hydrogen-bond donors (Lipinski definition) is 5. The Balaban J connectivity index is 1.56. The molecule has 0 radical (unpaired) electrons. The third-order valence-electron chi connectivity index (χ3n) is 6.56. The molecule has 5 N–H and O–H groups in total. The van der Waals surface area contributed by atoms with E-state index in [9.17, 15) is 15.3 Å². The van der Waals surface area contributed by atoms with Gasteiger partial charge < -0.3 is 35.4 Å². The monoisotopic (exact) mass is 523 g/mol. The Bertz CT molecular complexity index is 1360. The minimum atomic E-state index is -1.06. The van der Waals surface area contributed by atoms with Crippen molar-refractivity contribution in [1.29, 1.82) is 0 Å². The molecule has 0 unspecified atom stereocenters. The van der Waals surface area contributed by atoms with Crippen molar-refractivity contribution in [2.45, 2.75) is 31.6 Å². The topological polar surface area (TPSA) is 142 Å². The molecular formula is C26H29N5O5S. The van der Waals surface area contributed by atoms with Crippen molar-refractivity contribution in [2.24, 2.45) is 5.92 Å². The molecule has 1 aliphatic carbocycles. The van der Waals surface area contributed by atoms with Crippen LogP contribution in [-0.2, 0) is 0 Å². The van der Waals surface area contributed by atoms with Crippen molar-refractivity contribution < 1.29 is 24.8 Å². The first-order valence-electron chi connectivity index (χ1n) is 11.9. The summed E-state index contributed by atoms with van der Waals surface area (Å²) in [5.74, 6) is 1.59. The van der Waals surface area contributed by atoms with Crippen LogP contribution < -0.4 is 20.1 Å². The fourth-order valence-electron chi connectivity index (χ4n) is 4.60. The Morgan fingerprint density at radius 1 is 1.00 bits per heavy atom. The number of aliphatic hydroxyl groups excluding tert-OH is 3. The fraction of sp³-hybridized carbons (Fsp3) is 0.346. The van der Waals surface area contributed by atoms with Gasteiger partial charge in [-0.05, 0) is 25.5 Å². The number of rotatable bonds is 8. The molecule has 0 saturated heterocycles. The summed E-state index contributed by atoms with van der Waals surface area (Å²) in [6, 6.07) is 12.7. The normalized spacial score (nSPS) is 21.2. The highest BCUT2D eigenvalue weighted by Gasteiger charge is 2.41. The average Bonchev–Trinajstić information content (AvgIpc) is 3.44. The van der Waals surface area contributed by atoms with Crippen LogP contribution in [0.3, 0.4) is 0 Å². The highest BCUT2D eigenvalue weighted by atomic mass is 32.1. The number of aryl methyl sites for hydroxylation is 1. The fourth-order valence-corrected chi connectivity index (χ4v) is 5.67. The largest absolute Gasteiger partial charge is 0.497 e. The van der Waals surface area contributed by atoms with E-state index in [1.54, 1.807) is 32.4 Å². The first-order valence-corrected chi connectivity index (χ1v) is 12.7. The summed E-state index contributed by atoms with van der Waals surface area (Å²) in [5.41, 5.74) is 2.94. The maximum absolute atomic E-state index is 10.7. The second-order valence-electron chi connectivity index (χ2n) is 8.98. The number of thiazole rings is 1. The highest BCUT2D eigenvalue weighted by Crippen LogP contribution is 2.38. The number of nitrogens with zero attached hydrogens (tertiary/aromatic N) is 3. The molecule has 4 atom stereocenters. The number of aromatic nitrogens is 3. The van der Waals surface area contributed by atoms with Gasteiger partial charge in [0.05, 0.1) is 47.8 Å². The van der Waals surface area contributed by atoms with Crippen LogP contribution in [-0.4, -0.2) is 69.3 Å². The molecule has 1 aliphatic rings. The number of methoxy groups -OCH3 is 2. The van der Waals surface area contributed by atoms with Crippen LogP contribution >= 0.6 is 11.3 Å². The summed E-state index contributed by atoms with van der Waals surface area (Å²) in [5, 5.41) is 37.9. The molecule has 2 heterocycles. The third kappa shape index (κ3) is 5.03. The molecule has 5 rings (SSSR count). The van der Waals surface area contributed by atoms with Gasteiger partial charge in [-0.2, -0.15) is 4.98 Å². The summed E-state index contributed by atoms with van der Waals surface area (Å²) >= 11 is 1.53. The SMILES string of the molecule is COc1cc(Nc2nc(C)c(-c3nc4ccccc4s3)c(N[C@@H]3C[C@H](CO)[C@@H](O)[C@H]3O)n2)cc(OC)c1. The van der Waals surface area contributed by atoms with Gasteiger partial charge in [-0.1, -0.05) is 12.1 Å². The molecule has 0 bridgehead atoms. The number of fused-ring (bicyclic) bond motifs is 1. The van der Waals surface area contributed by atoms with Gasteiger partial charge in [0, 0.05) is 36.4 Å². The lowest BCUT2D eigenvalue weighted by Crippen LogP contribution is -2.35. The zero-order chi connectivity index (χ0) is 26.1. The lowest BCUT2D eigenvalue weighted by atomic mass is 10.1. The van der Waals surface area contributed by atoms with E-state index in [1.807, 2.05) is 31.2 Å². The molecule has 10 nitrogen and oxygen atoms in total. The molecule has 37 heavy (non-hydrogen) atoms. The third-order valence-corrected chi connectivity index (χ3v) is 7.62.